The zero-order valence-corrected chi connectivity index (χ0v) is 16.6. The Morgan fingerprint density at radius 2 is 1.96 bits per heavy atom. The maximum Gasteiger partial charge on any atom is 0.258 e. The van der Waals surface area contributed by atoms with Gasteiger partial charge in [0.05, 0.1) is 17.1 Å². The fraction of sp³-hybridized carbons (Fsp3) is 0.421. The summed E-state index contributed by atoms with van der Waals surface area (Å²) in [6.07, 6.45) is 3.54. The first-order valence-electron chi connectivity index (χ1n) is 8.97. The molecular weight excluding hydrogens is 364 g/mol. The highest BCUT2D eigenvalue weighted by Crippen LogP contribution is 2.22. The number of nitrogens with one attached hydrogen (secondary N) is 1. The van der Waals surface area contributed by atoms with Crippen molar-refractivity contribution >= 4 is 27.4 Å². The zero-order chi connectivity index (χ0) is 19.6. The van der Waals surface area contributed by atoms with Crippen molar-refractivity contribution in [3.8, 4) is 0 Å². The predicted molar refractivity (Wildman–Crippen MR) is 106 cm³/mol. The summed E-state index contributed by atoms with van der Waals surface area (Å²) in [5.74, 6) is 0.492. The van der Waals surface area contributed by atoms with E-state index in [0.717, 1.165) is 16.8 Å². The van der Waals surface area contributed by atoms with Crippen molar-refractivity contribution in [3.05, 3.63) is 47.3 Å². The topological polar surface area (TPSA) is 92.3 Å². The minimum Gasteiger partial charge on any atom is -0.337 e. The number of hydrogen-bond acceptors (Lipinski definition) is 6. The van der Waals surface area contributed by atoms with Gasteiger partial charge in [-0.2, -0.15) is 0 Å². The lowest BCUT2D eigenvalue weighted by Crippen LogP contribution is -2.37. The summed E-state index contributed by atoms with van der Waals surface area (Å²) in [5.41, 5.74) is 3.22. The van der Waals surface area contributed by atoms with Gasteiger partial charge in [-0.3, -0.25) is 4.79 Å². The van der Waals surface area contributed by atoms with Crippen molar-refractivity contribution in [2.45, 2.75) is 33.2 Å². The number of carbonyl (C=O) groups excluding carboxylic acids is 1. The van der Waals surface area contributed by atoms with Crippen LogP contribution in [0.4, 0.5) is 11.6 Å². The monoisotopic (exact) mass is 388 g/mol. The molecule has 1 atom stereocenters. The molecule has 1 fully saturated rings. The normalized spacial score (nSPS) is 18.3. The number of hydrogen-bond donors (Lipinski definition) is 1. The first kappa shape index (κ1) is 19.3. The Morgan fingerprint density at radius 1 is 1.26 bits per heavy atom. The van der Waals surface area contributed by atoms with E-state index in [0.29, 0.717) is 24.5 Å². The largest absolute Gasteiger partial charge is 0.337 e. The number of sulfone groups is 1. The highest BCUT2D eigenvalue weighted by molar-refractivity contribution is 7.91. The molecule has 2 aromatic rings. The van der Waals surface area contributed by atoms with Gasteiger partial charge in [0, 0.05) is 30.7 Å². The van der Waals surface area contributed by atoms with Crippen LogP contribution in [0, 0.1) is 13.8 Å². The Morgan fingerprint density at radius 3 is 2.52 bits per heavy atom. The number of amides is 1. The van der Waals surface area contributed by atoms with Gasteiger partial charge in [-0.1, -0.05) is 17.7 Å². The third-order valence-corrected chi connectivity index (χ3v) is 6.53. The van der Waals surface area contributed by atoms with Crippen molar-refractivity contribution in [2.24, 2.45) is 0 Å². The van der Waals surface area contributed by atoms with Gasteiger partial charge in [-0.05, 0) is 38.8 Å². The van der Waals surface area contributed by atoms with Gasteiger partial charge < -0.3 is 10.2 Å². The molecule has 0 bridgehead atoms. The van der Waals surface area contributed by atoms with Crippen molar-refractivity contribution in [1.82, 2.24) is 9.97 Å². The first-order valence-corrected chi connectivity index (χ1v) is 10.8. The number of nitrogens with zero attached hydrogens (tertiary/aromatic N) is 3. The second-order valence-corrected chi connectivity index (χ2v) is 9.12. The van der Waals surface area contributed by atoms with Crippen LogP contribution in [-0.2, 0) is 9.84 Å². The van der Waals surface area contributed by atoms with Crippen LogP contribution in [0.15, 0.2) is 30.6 Å². The van der Waals surface area contributed by atoms with Crippen molar-refractivity contribution in [2.75, 3.05) is 28.3 Å². The van der Waals surface area contributed by atoms with Crippen molar-refractivity contribution in [3.63, 3.8) is 0 Å². The van der Waals surface area contributed by atoms with Crippen LogP contribution in [0.25, 0.3) is 0 Å². The van der Waals surface area contributed by atoms with E-state index in [2.05, 4.69) is 15.3 Å². The van der Waals surface area contributed by atoms with Crippen molar-refractivity contribution < 1.29 is 13.2 Å². The Labute approximate surface area is 159 Å². The second-order valence-electron chi connectivity index (χ2n) is 6.89. The molecule has 0 radical (unpaired) electrons. The zero-order valence-electron chi connectivity index (χ0n) is 15.8. The van der Waals surface area contributed by atoms with Gasteiger partial charge in [0.1, 0.15) is 0 Å². The lowest BCUT2D eigenvalue weighted by molar-refractivity contribution is 0.102. The summed E-state index contributed by atoms with van der Waals surface area (Å²) < 4.78 is 23.5. The highest BCUT2D eigenvalue weighted by atomic mass is 32.2. The summed E-state index contributed by atoms with van der Waals surface area (Å²) in [7, 11) is -2.98. The molecule has 0 spiro atoms. The van der Waals surface area contributed by atoms with Crippen LogP contribution in [0.5, 0.6) is 0 Å². The molecule has 1 aromatic carbocycles. The SMILES string of the molecule is CCN(c1ncc(C(=O)Nc2ccc(C)cc2C)cn1)C1CCS(=O)(=O)C1. The lowest BCUT2D eigenvalue weighted by Gasteiger charge is -2.26. The van der Waals surface area contributed by atoms with Crippen LogP contribution in [-0.4, -0.2) is 48.4 Å². The van der Waals surface area contributed by atoms with E-state index < -0.39 is 9.84 Å². The predicted octanol–water partition coefficient (Wildman–Crippen LogP) is 2.36. The first-order chi connectivity index (χ1) is 12.8. The second kappa shape index (κ2) is 7.64. The molecule has 2 heterocycles. The highest BCUT2D eigenvalue weighted by Gasteiger charge is 2.32. The number of benzene rings is 1. The van der Waals surface area contributed by atoms with Crippen LogP contribution in [0.2, 0.25) is 0 Å². The maximum absolute atomic E-state index is 12.5. The molecule has 1 aliphatic rings. The molecular formula is C19H24N4O3S. The number of aryl methyl sites for hydroxylation is 2. The lowest BCUT2D eigenvalue weighted by atomic mass is 10.1. The molecule has 1 N–H and O–H groups in total. The molecule has 27 heavy (non-hydrogen) atoms. The minimum atomic E-state index is -2.98. The molecule has 144 valence electrons. The van der Waals surface area contributed by atoms with E-state index in [1.807, 2.05) is 43.9 Å². The van der Waals surface area contributed by atoms with E-state index in [-0.39, 0.29) is 23.5 Å². The van der Waals surface area contributed by atoms with Gasteiger partial charge in [0.15, 0.2) is 9.84 Å². The Balaban J connectivity index is 1.73. The molecule has 1 saturated heterocycles. The third kappa shape index (κ3) is 4.44. The molecule has 1 amide bonds. The summed E-state index contributed by atoms with van der Waals surface area (Å²) in [5, 5.41) is 2.87. The Kier molecular flexibility index (Phi) is 5.46. The molecule has 7 nitrogen and oxygen atoms in total. The van der Waals surface area contributed by atoms with Crippen molar-refractivity contribution in [1.29, 1.82) is 0 Å². The number of anilines is 2. The smallest absolute Gasteiger partial charge is 0.258 e. The fourth-order valence-electron chi connectivity index (χ4n) is 3.32. The number of rotatable bonds is 5. The molecule has 1 aromatic heterocycles. The molecule has 1 unspecified atom stereocenters. The van der Waals surface area contributed by atoms with Crippen LogP contribution in [0.3, 0.4) is 0 Å². The van der Waals surface area contributed by atoms with E-state index in [9.17, 15) is 13.2 Å². The summed E-state index contributed by atoms with van der Waals surface area (Å²) in [6.45, 7) is 6.49. The average Bonchev–Trinajstić information content (AvgIpc) is 2.98. The van der Waals surface area contributed by atoms with E-state index in [1.54, 1.807) is 0 Å². The summed E-state index contributed by atoms with van der Waals surface area (Å²) in [4.78, 5) is 22.9. The minimum absolute atomic E-state index is 0.116. The Bertz CT molecular complexity index is 942. The number of carbonyl (C=O) groups is 1. The van der Waals surface area contributed by atoms with E-state index in [4.69, 9.17) is 0 Å². The van der Waals surface area contributed by atoms with E-state index >= 15 is 0 Å². The summed E-state index contributed by atoms with van der Waals surface area (Å²) in [6, 6.07) is 5.70. The third-order valence-electron chi connectivity index (χ3n) is 4.78. The summed E-state index contributed by atoms with van der Waals surface area (Å²) >= 11 is 0. The van der Waals surface area contributed by atoms with Gasteiger partial charge >= 0.3 is 0 Å². The average molecular weight is 388 g/mol. The van der Waals surface area contributed by atoms with Gasteiger partial charge in [0.25, 0.3) is 5.91 Å². The van der Waals surface area contributed by atoms with Crippen LogP contribution >= 0.6 is 0 Å². The van der Waals surface area contributed by atoms with Gasteiger partial charge in [-0.15, -0.1) is 0 Å². The molecule has 0 aliphatic carbocycles. The quantitative estimate of drug-likeness (QED) is 0.845. The van der Waals surface area contributed by atoms with Crippen LogP contribution in [0.1, 0.15) is 34.8 Å². The van der Waals surface area contributed by atoms with Gasteiger partial charge in [0.2, 0.25) is 5.95 Å². The van der Waals surface area contributed by atoms with Crippen LogP contribution < -0.4 is 10.2 Å². The van der Waals surface area contributed by atoms with E-state index in [1.165, 1.54) is 12.4 Å². The molecule has 0 saturated carbocycles. The standard InChI is InChI=1S/C19H24N4O3S/c1-4-23(16-7-8-27(25,26)12-16)19-20-10-15(11-21-19)18(24)22-17-6-5-13(2)9-14(17)3/h5-6,9-11,16H,4,7-8,12H2,1-3H3,(H,22,24). The molecule has 3 rings (SSSR count). The molecule has 8 heteroatoms. The maximum atomic E-state index is 12.5. The van der Waals surface area contributed by atoms with Gasteiger partial charge in [-0.25, -0.2) is 18.4 Å². The fourth-order valence-corrected chi connectivity index (χ4v) is 5.05. The Hall–Kier alpha value is -2.48. The number of aromatic nitrogens is 2. The molecule has 1 aliphatic heterocycles.